The van der Waals surface area contributed by atoms with Crippen LogP contribution in [0.25, 0.3) is 0 Å². The van der Waals surface area contributed by atoms with E-state index >= 15 is 0 Å². The number of carbonyl (C=O) groups excluding carboxylic acids is 1. The number of aryl methyl sites for hydroxylation is 2. The lowest BCUT2D eigenvalue weighted by Crippen LogP contribution is -2.20. The molecule has 0 aliphatic carbocycles. The molecule has 0 bridgehead atoms. The molecule has 2 N–H and O–H groups in total. The molecule has 2 rings (SSSR count). The van der Waals surface area contributed by atoms with Crippen molar-refractivity contribution in [2.24, 2.45) is 10.7 Å². The Hall–Kier alpha value is -2.90. The summed E-state index contributed by atoms with van der Waals surface area (Å²) in [6, 6.07) is 9.32. The Morgan fingerprint density at radius 3 is 2.50 bits per heavy atom. The van der Waals surface area contributed by atoms with Crippen molar-refractivity contribution in [2.75, 3.05) is 6.61 Å². The van der Waals surface area contributed by atoms with Crippen LogP contribution in [0, 0.1) is 13.8 Å². The fraction of sp³-hybridized carbons (Fsp3) is 0.278. The van der Waals surface area contributed by atoms with E-state index in [2.05, 4.69) is 9.98 Å². The van der Waals surface area contributed by atoms with Crippen molar-refractivity contribution in [1.29, 1.82) is 0 Å². The van der Waals surface area contributed by atoms with Crippen LogP contribution in [0.3, 0.4) is 0 Å². The number of alkyl halides is 3. The molecule has 1 aromatic carbocycles. The minimum Gasteiger partial charge on any atom is -0.493 e. The highest BCUT2D eigenvalue weighted by atomic mass is 19.4. The number of amides is 1. The first-order chi connectivity index (χ1) is 12.2. The average molecular weight is 365 g/mol. The Bertz CT molecular complexity index is 833. The van der Waals surface area contributed by atoms with E-state index in [0.717, 1.165) is 17.7 Å². The molecule has 8 heteroatoms. The zero-order valence-electron chi connectivity index (χ0n) is 14.3. The van der Waals surface area contributed by atoms with Gasteiger partial charge in [0.15, 0.2) is 0 Å². The van der Waals surface area contributed by atoms with Gasteiger partial charge in [-0.2, -0.15) is 18.2 Å². The van der Waals surface area contributed by atoms with Gasteiger partial charge in [-0.25, -0.2) is 4.98 Å². The molecule has 0 unspecified atom stereocenters. The summed E-state index contributed by atoms with van der Waals surface area (Å²) in [5, 5.41) is 0. The normalized spacial score (nSPS) is 12.1. The fourth-order valence-corrected chi connectivity index (χ4v) is 2.21. The third-order valence-electron chi connectivity index (χ3n) is 3.56. The Kier molecular flexibility index (Phi) is 5.97. The van der Waals surface area contributed by atoms with Crippen molar-refractivity contribution in [2.45, 2.75) is 26.4 Å². The average Bonchev–Trinajstić information content (AvgIpc) is 2.55. The fourth-order valence-electron chi connectivity index (χ4n) is 2.21. The SMILES string of the molecule is Cc1ccccc1OCCC(=O)/N=C(/N)c1ccc(C(F)(F)F)nc1C. The number of amidine groups is 1. The highest BCUT2D eigenvalue weighted by Gasteiger charge is 2.32. The molecular formula is C18H18F3N3O2. The number of aromatic nitrogens is 1. The molecule has 2 aromatic rings. The lowest BCUT2D eigenvalue weighted by atomic mass is 10.1. The summed E-state index contributed by atoms with van der Waals surface area (Å²) < 4.78 is 43.4. The molecule has 0 saturated heterocycles. The third kappa shape index (κ3) is 5.05. The number of hydrogen-bond acceptors (Lipinski definition) is 3. The van der Waals surface area contributed by atoms with E-state index in [0.29, 0.717) is 5.75 Å². The summed E-state index contributed by atoms with van der Waals surface area (Å²) in [7, 11) is 0. The minimum atomic E-state index is -4.54. The van der Waals surface area contributed by atoms with E-state index in [4.69, 9.17) is 10.5 Å². The second-order valence-electron chi connectivity index (χ2n) is 5.58. The maximum Gasteiger partial charge on any atom is 0.433 e. The number of carbonyl (C=O) groups is 1. The number of pyridine rings is 1. The molecule has 0 atom stereocenters. The van der Waals surface area contributed by atoms with Gasteiger partial charge in [-0.15, -0.1) is 0 Å². The Morgan fingerprint density at radius 1 is 1.19 bits per heavy atom. The number of aliphatic imine (C=N–C) groups is 1. The summed E-state index contributed by atoms with van der Waals surface area (Å²) in [6.45, 7) is 3.37. The molecule has 0 aliphatic heterocycles. The second kappa shape index (κ2) is 7.99. The van der Waals surface area contributed by atoms with E-state index in [1.807, 2.05) is 25.1 Å². The van der Waals surface area contributed by atoms with Crippen molar-refractivity contribution in [3.8, 4) is 5.75 Å². The molecular weight excluding hydrogens is 347 g/mol. The van der Waals surface area contributed by atoms with E-state index < -0.39 is 17.8 Å². The lowest BCUT2D eigenvalue weighted by Gasteiger charge is -2.10. The first kappa shape index (κ1) is 19.4. The number of hydrogen-bond donors (Lipinski definition) is 1. The summed E-state index contributed by atoms with van der Waals surface area (Å²) in [6.07, 6.45) is -4.56. The van der Waals surface area contributed by atoms with Gasteiger partial charge in [0, 0.05) is 11.3 Å². The number of rotatable bonds is 5. The van der Waals surface area contributed by atoms with Gasteiger partial charge >= 0.3 is 6.18 Å². The zero-order chi connectivity index (χ0) is 19.3. The number of nitrogens with two attached hydrogens (primary N) is 1. The van der Waals surface area contributed by atoms with Gasteiger partial charge < -0.3 is 10.5 Å². The first-order valence-electron chi connectivity index (χ1n) is 7.79. The van der Waals surface area contributed by atoms with Crippen LogP contribution in [0.4, 0.5) is 13.2 Å². The summed E-state index contributed by atoms with van der Waals surface area (Å²) in [5.41, 5.74) is 5.88. The predicted octanol–water partition coefficient (Wildman–Crippen LogP) is 3.42. The number of para-hydroxylation sites is 1. The minimum absolute atomic E-state index is 0.0118. The molecule has 5 nitrogen and oxygen atoms in total. The molecule has 138 valence electrons. The number of halogens is 3. The molecule has 1 amide bonds. The summed E-state index contributed by atoms with van der Waals surface area (Å²) >= 11 is 0. The van der Waals surface area contributed by atoms with Gasteiger partial charge in [0.25, 0.3) is 5.91 Å². The van der Waals surface area contributed by atoms with Crippen LogP contribution >= 0.6 is 0 Å². The lowest BCUT2D eigenvalue weighted by molar-refractivity contribution is -0.141. The predicted molar refractivity (Wildman–Crippen MR) is 91.0 cm³/mol. The van der Waals surface area contributed by atoms with Crippen molar-refractivity contribution in [1.82, 2.24) is 4.98 Å². The van der Waals surface area contributed by atoms with Crippen LogP contribution in [0.1, 0.15) is 28.9 Å². The second-order valence-corrected chi connectivity index (χ2v) is 5.58. The summed E-state index contributed by atoms with van der Waals surface area (Å²) in [5.74, 6) is -0.0416. The molecule has 26 heavy (non-hydrogen) atoms. The molecule has 0 saturated carbocycles. The smallest absolute Gasteiger partial charge is 0.433 e. The van der Waals surface area contributed by atoms with Gasteiger partial charge in [0.2, 0.25) is 0 Å². The maximum absolute atomic E-state index is 12.6. The van der Waals surface area contributed by atoms with Crippen LogP contribution in [0.5, 0.6) is 5.75 Å². The third-order valence-corrected chi connectivity index (χ3v) is 3.56. The molecule has 0 aliphatic rings. The number of ether oxygens (including phenoxy) is 1. The highest BCUT2D eigenvalue weighted by Crippen LogP contribution is 2.28. The largest absolute Gasteiger partial charge is 0.493 e. The van der Waals surface area contributed by atoms with Gasteiger partial charge in [0.1, 0.15) is 17.3 Å². The van der Waals surface area contributed by atoms with Gasteiger partial charge in [-0.1, -0.05) is 18.2 Å². The van der Waals surface area contributed by atoms with Gasteiger partial charge in [-0.3, -0.25) is 4.79 Å². The Labute approximate surface area is 148 Å². The van der Waals surface area contributed by atoms with Crippen LogP contribution in [0.2, 0.25) is 0 Å². The zero-order valence-corrected chi connectivity index (χ0v) is 14.3. The Morgan fingerprint density at radius 2 is 1.88 bits per heavy atom. The van der Waals surface area contributed by atoms with E-state index in [-0.39, 0.29) is 30.1 Å². The number of benzene rings is 1. The van der Waals surface area contributed by atoms with E-state index in [9.17, 15) is 18.0 Å². The molecule has 0 fully saturated rings. The van der Waals surface area contributed by atoms with Crippen LogP contribution in [0.15, 0.2) is 41.4 Å². The van der Waals surface area contributed by atoms with E-state index in [1.54, 1.807) is 6.07 Å². The van der Waals surface area contributed by atoms with Crippen molar-refractivity contribution < 1.29 is 22.7 Å². The summed E-state index contributed by atoms with van der Waals surface area (Å²) in [4.78, 5) is 19.1. The van der Waals surface area contributed by atoms with Crippen molar-refractivity contribution in [3.63, 3.8) is 0 Å². The van der Waals surface area contributed by atoms with Crippen molar-refractivity contribution >= 4 is 11.7 Å². The van der Waals surface area contributed by atoms with Crippen LogP contribution < -0.4 is 10.5 Å². The van der Waals surface area contributed by atoms with Gasteiger partial charge in [0.05, 0.1) is 13.0 Å². The highest BCUT2D eigenvalue weighted by molar-refractivity contribution is 6.04. The standard InChI is InChI=1S/C18H18F3N3O2/c1-11-5-3-4-6-14(11)26-10-9-16(25)24-17(22)13-7-8-15(18(19,20)21)23-12(13)2/h3-8H,9-10H2,1-2H3,(H2,22,24,25). The van der Waals surface area contributed by atoms with E-state index in [1.165, 1.54) is 6.92 Å². The van der Waals surface area contributed by atoms with Crippen LogP contribution in [-0.4, -0.2) is 23.3 Å². The molecule has 0 radical (unpaired) electrons. The Balaban J connectivity index is 2.00. The van der Waals surface area contributed by atoms with Crippen molar-refractivity contribution in [3.05, 3.63) is 58.9 Å². The molecule has 0 spiro atoms. The monoisotopic (exact) mass is 365 g/mol. The quantitative estimate of drug-likeness (QED) is 0.651. The molecule has 1 aromatic heterocycles. The number of nitrogens with zero attached hydrogens (tertiary/aromatic N) is 2. The maximum atomic E-state index is 12.6. The molecule has 1 heterocycles. The first-order valence-corrected chi connectivity index (χ1v) is 7.79. The topological polar surface area (TPSA) is 77.6 Å². The van der Waals surface area contributed by atoms with Crippen LogP contribution in [-0.2, 0) is 11.0 Å². The van der Waals surface area contributed by atoms with Gasteiger partial charge in [-0.05, 0) is 37.6 Å².